The second-order valence-corrected chi connectivity index (χ2v) is 5.33. The first-order valence-corrected chi connectivity index (χ1v) is 7.16. The Labute approximate surface area is 134 Å². The number of carbonyl (C=O) groups excluding carboxylic acids is 1. The third-order valence-electron chi connectivity index (χ3n) is 3.91. The smallest absolute Gasteiger partial charge is 0.254 e. The molecule has 1 N–H and O–H groups in total. The number of nitrogens with zero attached hydrogens (tertiary/aromatic N) is 2. The van der Waals surface area contributed by atoms with Crippen LogP contribution in [0.15, 0.2) is 42.5 Å². The molecular weight excluding hydrogens is 286 g/mol. The molecule has 0 bridgehead atoms. The summed E-state index contributed by atoms with van der Waals surface area (Å²) in [6.45, 7) is 8.98. The lowest BCUT2D eigenvalue weighted by Gasteiger charge is -2.13. The molecule has 0 aromatic heterocycles. The van der Waals surface area contributed by atoms with Crippen LogP contribution in [0.25, 0.3) is 10.4 Å². The fourth-order valence-corrected chi connectivity index (χ4v) is 2.79. The lowest BCUT2D eigenvalue weighted by atomic mass is 9.98. The Kier molecular flexibility index (Phi) is 3.66. The van der Waals surface area contributed by atoms with Gasteiger partial charge in [-0.25, -0.2) is 4.85 Å². The maximum atomic E-state index is 12.4. The van der Waals surface area contributed by atoms with E-state index in [2.05, 4.69) is 16.2 Å². The van der Waals surface area contributed by atoms with Crippen LogP contribution in [0.2, 0.25) is 0 Å². The van der Waals surface area contributed by atoms with E-state index in [0.717, 1.165) is 16.7 Å². The first-order valence-electron chi connectivity index (χ1n) is 7.16. The number of carbonyl (C=O) groups is 1. The number of hydrogen-bond acceptors (Lipinski definition) is 2. The maximum Gasteiger partial charge on any atom is 0.254 e. The minimum Gasteiger partial charge on any atom is -0.322 e. The average molecular weight is 299 g/mol. The summed E-state index contributed by atoms with van der Waals surface area (Å²) in [6.07, 6.45) is 2.52. The van der Waals surface area contributed by atoms with Crippen LogP contribution in [0.5, 0.6) is 0 Å². The molecule has 1 amide bonds. The number of benzene rings is 2. The van der Waals surface area contributed by atoms with Crippen LogP contribution in [0.4, 0.5) is 11.4 Å². The van der Waals surface area contributed by atoms with Gasteiger partial charge in [-0.05, 0) is 36.6 Å². The first kappa shape index (κ1) is 14.6. The Morgan fingerprint density at radius 2 is 2.17 bits per heavy atom. The van der Waals surface area contributed by atoms with Crippen LogP contribution in [-0.2, 0) is 6.42 Å². The molecule has 2 aromatic carbocycles. The zero-order valence-electron chi connectivity index (χ0n) is 12.6. The molecule has 0 unspecified atom stereocenters. The van der Waals surface area contributed by atoms with Gasteiger partial charge >= 0.3 is 0 Å². The van der Waals surface area contributed by atoms with Crippen LogP contribution < -0.4 is 5.32 Å². The standard InChI is InChI=1S/C19H13N3O/c1-12-6-9-17(16-8-7-14(11-20)18(12)16)22-19(23)13-4-3-5-15(10-13)21-2/h3-7,9-10H,8H2,1H3,(H,22,23). The van der Waals surface area contributed by atoms with E-state index in [1.165, 1.54) is 0 Å². The fourth-order valence-electron chi connectivity index (χ4n) is 2.79. The summed E-state index contributed by atoms with van der Waals surface area (Å²) < 4.78 is 0. The first-order chi connectivity index (χ1) is 11.1. The molecule has 4 nitrogen and oxygen atoms in total. The molecule has 0 heterocycles. The summed E-state index contributed by atoms with van der Waals surface area (Å²) in [4.78, 5) is 15.8. The predicted octanol–water partition coefficient (Wildman–Crippen LogP) is 4.26. The van der Waals surface area contributed by atoms with Gasteiger partial charge < -0.3 is 5.32 Å². The zero-order valence-corrected chi connectivity index (χ0v) is 12.6. The molecule has 0 radical (unpaired) electrons. The van der Waals surface area contributed by atoms with Crippen molar-refractivity contribution in [3.63, 3.8) is 0 Å². The molecular formula is C19H13N3O. The Bertz CT molecular complexity index is 927. The lowest BCUT2D eigenvalue weighted by molar-refractivity contribution is 0.102. The number of fused-ring (bicyclic) bond motifs is 1. The van der Waals surface area contributed by atoms with Crippen LogP contribution in [0, 0.1) is 24.8 Å². The van der Waals surface area contributed by atoms with E-state index in [-0.39, 0.29) is 5.91 Å². The molecule has 3 rings (SSSR count). The van der Waals surface area contributed by atoms with Crippen molar-refractivity contribution >= 4 is 22.9 Å². The summed E-state index contributed by atoms with van der Waals surface area (Å²) in [7, 11) is 0. The van der Waals surface area contributed by atoms with Crippen molar-refractivity contribution in [2.45, 2.75) is 13.3 Å². The Morgan fingerprint density at radius 3 is 2.91 bits per heavy atom. The topological polar surface area (TPSA) is 57.2 Å². The molecule has 0 atom stereocenters. The monoisotopic (exact) mass is 299 g/mol. The van der Waals surface area contributed by atoms with E-state index in [9.17, 15) is 10.1 Å². The Hall–Kier alpha value is -3.37. The summed E-state index contributed by atoms with van der Waals surface area (Å²) in [5.74, 6) is -0.257. The minimum atomic E-state index is -0.257. The summed E-state index contributed by atoms with van der Waals surface area (Å²) in [6, 6.07) is 12.6. The highest BCUT2D eigenvalue weighted by atomic mass is 16.1. The van der Waals surface area contributed by atoms with Gasteiger partial charge in [0.05, 0.1) is 18.2 Å². The molecule has 4 heteroatoms. The van der Waals surface area contributed by atoms with Crippen LogP contribution in [0.3, 0.4) is 0 Å². The Balaban J connectivity index is 1.94. The zero-order chi connectivity index (χ0) is 16.4. The lowest BCUT2D eigenvalue weighted by Crippen LogP contribution is -2.13. The van der Waals surface area contributed by atoms with Crippen LogP contribution >= 0.6 is 0 Å². The Morgan fingerprint density at radius 1 is 1.35 bits per heavy atom. The number of anilines is 1. The number of aryl methyl sites for hydroxylation is 1. The van der Waals surface area contributed by atoms with Crippen molar-refractivity contribution < 1.29 is 4.79 Å². The quantitative estimate of drug-likeness (QED) is 0.842. The number of nitriles is 1. The van der Waals surface area contributed by atoms with E-state index in [1.54, 1.807) is 24.3 Å². The summed E-state index contributed by atoms with van der Waals surface area (Å²) in [5, 5.41) is 12.1. The molecule has 0 fully saturated rings. The highest BCUT2D eigenvalue weighted by Gasteiger charge is 2.20. The highest BCUT2D eigenvalue weighted by Crippen LogP contribution is 2.35. The molecule has 0 aliphatic heterocycles. The molecule has 1 aliphatic rings. The SMILES string of the molecule is [C-]#[N+]c1cccc(C(=O)Nc2ccc(C)c3c2CC=C3C#N)c1. The van der Waals surface area contributed by atoms with E-state index in [1.807, 2.05) is 25.1 Å². The van der Waals surface area contributed by atoms with E-state index < -0.39 is 0 Å². The highest BCUT2D eigenvalue weighted by molar-refractivity contribution is 6.06. The van der Waals surface area contributed by atoms with Gasteiger partial charge in [0.25, 0.3) is 5.91 Å². The van der Waals surface area contributed by atoms with E-state index >= 15 is 0 Å². The number of rotatable bonds is 2. The normalized spacial score (nSPS) is 11.9. The maximum absolute atomic E-state index is 12.4. The average Bonchev–Trinajstić information content (AvgIpc) is 3.02. The van der Waals surface area contributed by atoms with Crippen LogP contribution in [0.1, 0.15) is 27.0 Å². The summed E-state index contributed by atoms with van der Waals surface area (Å²) in [5.41, 5.74) is 5.16. The van der Waals surface area contributed by atoms with Crippen molar-refractivity contribution in [2.75, 3.05) is 5.32 Å². The van der Waals surface area contributed by atoms with Crippen LogP contribution in [-0.4, -0.2) is 5.91 Å². The third kappa shape index (κ3) is 2.59. The number of amides is 1. The van der Waals surface area contributed by atoms with Gasteiger partial charge in [-0.3, -0.25) is 4.79 Å². The van der Waals surface area contributed by atoms with Gasteiger partial charge in [0.1, 0.15) is 0 Å². The van der Waals surface area contributed by atoms with Gasteiger partial charge in [0.2, 0.25) is 0 Å². The largest absolute Gasteiger partial charge is 0.322 e. The molecule has 0 saturated carbocycles. The van der Waals surface area contributed by atoms with Gasteiger partial charge in [-0.15, -0.1) is 0 Å². The molecule has 2 aromatic rings. The molecule has 0 saturated heterocycles. The number of nitrogens with one attached hydrogen (secondary N) is 1. The molecule has 0 spiro atoms. The fraction of sp³-hybridized carbons (Fsp3) is 0.105. The van der Waals surface area contributed by atoms with Crippen molar-refractivity contribution in [3.8, 4) is 6.07 Å². The van der Waals surface area contributed by atoms with Crippen molar-refractivity contribution in [1.29, 1.82) is 5.26 Å². The van der Waals surface area contributed by atoms with Gasteiger partial charge in [-0.2, -0.15) is 5.26 Å². The van der Waals surface area contributed by atoms with Gasteiger partial charge in [-0.1, -0.05) is 30.3 Å². The predicted molar refractivity (Wildman–Crippen MR) is 89.1 cm³/mol. The van der Waals surface area contributed by atoms with E-state index in [0.29, 0.717) is 28.9 Å². The summed E-state index contributed by atoms with van der Waals surface area (Å²) >= 11 is 0. The van der Waals surface area contributed by atoms with E-state index in [4.69, 9.17) is 6.57 Å². The van der Waals surface area contributed by atoms with Crippen molar-refractivity contribution in [2.24, 2.45) is 0 Å². The molecule has 110 valence electrons. The second-order valence-electron chi connectivity index (χ2n) is 5.33. The van der Waals surface area contributed by atoms with Crippen molar-refractivity contribution in [1.82, 2.24) is 0 Å². The minimum absolute atomic E-state index is 0.257. The number of hydrogen-bond donors (Lipinski definition) is 1. The molecule has 23 heavy (non-hydrogen) atoms. The molecule has 1 aliphatic carbocycles. The van der Waals surface area contributed by atoms with Gasteiger partial charge in [0.15, 0.2) is 5.69 Å². The number of allylic oxidation sites excluding steroid dienone is 2. The third-order valence-corrected chi connectivity index (χ3v) is 3.91. The van der Waals surface area contributed by atoms with Gasteiger partial charge in [0, 0.05) is 16.8 Å². The second kappa shape index (κ2) is 5.79. The van der Waals surface area contributed by atoms with Crippen molar-refractivity contribution in [3.05, 3.63) is 76.1 Å².